The summed E-state index contributed by atoms with van der Waals surface area (Å²) in [7, 11) is 1.31. The molecule has 0 aliphatic carbocycles. The van der Waals surface area contributed by atoms with Crippen LogP contribution in [0.1, 0.15) is 18.1 Å². The lowest BCUT2D eigenvalue weighted by Gasteiger charge is -2.16. The molecule has 1 aromatic carbocycles. The molecule has 1 aromatic heterocycles. The van der Waals surface area contributed by atoms with Gasteiger partial charge in [0.25, 0.3) is 0 Å². The molecule has 0 bridgehead atoms. The molecule has 0 spiro atoms. The van der Waals surface area contributed by atoms with Gasteiger partial charge in [-0.15, -0.1) is 0 Å². The van der Waals surface area contributed by atoms with Crippen LogP contribution in [0.3, 0.4) is 0 Å². The van der Waals surface area contributed by atoms with Crippen LogP contribution in [-0.2, 0) is 29.5 Å². The van der Waals surface area contributed by atoms with E-state index in [-0.39, 0.29) is 11.3 Å². The highest BCUT2D eigenvalue weighted by atomic mass is 19.4. The van der Waals surface area contributed by atoms with Gasteiger partial charge in [-0.05, 0) is 22.6 Å². The van der Waals surface area contributed by atoms with Crippen LogP contribution in [0.25, 0.3) is 5.69 Å². The summed E-state index contributed by atoms with van der Waals surface area (Å²) in [6, 6.07) is 3.26. The van der Waals surface area contributed by atoms with Crippen molar-refractivity contribution in [3.8, 4) is 5.69 Å². The number of hydrogen-bond donors (Lipinski definition) is 1. The number of alkyl halides is 3. The Morgan fingerprint density at radius 1 is 1.35 bits per heavy atom. The zero-order valence-electron chi connectivity index (χ0n) is 12.1. The van der Waals surface area contributed by atoms with E-state index in [2.05, 4.69) is 10.4 Å². The predicted octanol–water partition coefficient (Wildman–Crippen LogP) is 0.552. The number of hydrogen-bond acceptors (Lipinski definition) is 5. The summed E-state index contributed by atoms with van der Waals surface area (Å²) in [5, 5.41) is 6.98. The van der Waals surface area contributed by atoms with E-state index in [1.165, 1.54) is 13.1 Å². The van der Waals surface area contributed by atoms with Crippen molar-refractivity contribution in [2.45, 2.75) is 19.7 Å². The molecule has 0 saturated heterocycles. The number of aryl methyl sites for hydroxylation is 1. The molecule has 0 aliphatic rings. The van der Waals surface area contributed by atoms with Gasteiger partial charge >= 0.3 is 11.9 Å². The molecule has 1 N–H and O–H groups in total. The van der Waals surface area contributed by atoms with Crippen LogP contribution >= 0.6 is 0 Å². The highest BCUT2D eigenvalue weighted by Gasteiger charge is 2.35. The molecule has 1 heterocycles. The zero-order valence-corrected chi connectivity index (χ0v) is 12.1. The lowest BCUT2D eigenvalue weighted by Crippen LogP contribution is -2.26. The number of aromatic nitrogens is 4. The fourth-order valence-corrected chi connectivity index (χ4v) is 1.87. The first-order valence-electron chi connectivity index (χ1n) is 6.28. The topological polar surface area (TPSA) is 91.0 Å². The first kappa shape index (κ1) is 16.7. The molecule has 0 aliphatic heterocycles. The minimum atomic E-state index is -4.67. The Kier molecular flexibility index (Phi) is 4.50. The number of tetrazole rings is 1. The van der Waals surface area contributed by atoms with Gasteiger partial charge in [0.2, 0.25) is 5.91 Å². The third-order valence-electron chi connectivity index (χ3n) is 2.84. The molecule has 0 fully saturated rings. The monoisotopic (exact) mass is 331 g/mol. The smallest absolute Gasteiger partial charge is 0.273 e. The molecule has 0 saturated carbocycles. The molecule has 23 heavy (non-hydrogen) atoms. The van der Waals surface area contributed by atoms with Gasteiger partial charge in [-0.25, -0.2) is 10.3 Å². The van der Waals surface area contributed by atoms with Crippen molar-refractivity contribution in [1.82, 2.24) is 25.3 Å². The molecule has 2 aromatic rings. The van der Waals surface area contributed by atoms with Crippen molar-refractivity contribution in [1.29, 1.82) is 0 Å². The van der Waals surface area contributed by atoms with E-state index in [1.54, 1.807) is 0 Å². The number of halogens is 3. The summed E-state index contributed by atoms with van der Waals surface area (Å²) in [4.78, 5) is 27.4. The Bertz CT molecular complexity index is 781. The average Bonchev–Trinajstić information content (AvgIpc) is 2.77. The normalized spacial score (nSPS) is 11.5. The molecule has 8 nitrogen and oxygen atoms in total. The van der Waals surface area contributed by atoms with Crippen LogP contribution in [-0.4, -0.2) is 25.7 Å². The van der Waals surface area contributed by atoms with Gasteiger partial charge in [-0.2, -0.15) is 22.5 Å². The number of hydroxylamine groups is 1. The third kappa shape index (κ3) is 3.56. The minimum absolute atomic E-state index is 0.136. The van der Waals surface area contributed by atoms with Crippen LogP contribution in [0.15, 0.2) is 23.0 Å². The summed E-state index contributed by atoms with van der Waals surface area (Å²) in [6.07, 6.45) is -4.67. The van der Waals surface area contributed by atoms with E-state index in [4.69, 9.17) is 4.84 Å². The predicted molar refractivity (Wildman–Crippen MR) is 70.2 cm³/mol. The molecule has 2 rings (SSSR count). The molecular formula is C12H12F3N5O3. The number of nitrogens with one attached hydrogen (secondary N) is 1. The number of benzene rings is 1. The van der Waals surface area contributed by atoms with E-state index in [0.717, 1.165) is 28.4 Å². The van der Waals surface area contributed by atoms with Gasteiger partial charge in [-0.1, -0.05) is 6.07 Å². The Hall–Kier alpha value is -2.69. The summed E-state index contributed by atoms with van der Waals surface area (Å²) in [6.45, 7) is 0.539. The number of carbonyl (C=O) groups excluding carboxylic acids is 1. The highest BCUT2D eigenvalue weighted by molar-refractivity contribution is 5.71. The maximum absolute atomic E-state index is 13.2. The first-order valence-corrected chi connectivity index (χ1v) is 6.28. The van der Waals surface area contributed by atoms with Crippen molar-refractivity contribution in [2.24, 2.45) is 7.05 Å². The van der Waals surface area contributed by atoms with Crippen molar-refractivity contribution >= 4 is 5.91 Å². The zero-order chi connectivity index (χ0) is 17.2. The first-order chi connectivity index (χ1) is 10.7. The van der Waals surface area contributed by atoms with Gasteiger partial charge in [0.05, 0.1) is 11.3 Å². The second kappa shape index (κ2) is 6.20. The quantitative estimate of drug-likeness (QED) is 0.827. The van der Waals surface area contributed by atoms with E-state index in [1.807, 2.05) is 5.48 Å². The van der Waals surface area contributed by atoms with Crippen molar-refractivity contribution in [3.05, 3.63) is 39.8 Å². The largest absolute Gasteiger partial charge is 0.416 e. The molecular weight excluding hydrogens is 319 g/mol. The molecule has 124 valence electrons. The second-order valence-corrected chi connectivity index (χ2v) is 4.54. The SMILES string of the molecule is CC(=O)NOCc1c(-n2nnn(C)c2=O)cccc1C(F)(F)F. The summed E-state index contributed by atoms with van der Waals surface area (Å²) in [5.41, 5.74) is -0.270. The molecule has 0 atom stereocenters. The fourth-order valence-electron chi connectivity index (χ4n) is 1.87. The van der Waals surface area contributed by atoms with Crippen LogP contribution in [0.5, 0.6) is 0 Å². The van der Waals surface area contributed by atoms with Crippen molar-refractivity contribution in [3.63, 3.8) is 0 Å². The Morgan fingerprint density at radius 3 is 2.57 bits per heavy atom. The highest BCUT2D eigenvalue weighted by Crippen LogP contribution is 2.34. The maximum atomic E-state index is 13.2. The lowest BCUT2D eigenvalue weighted by molar-refractivity contribution is -0.140. The van der Waals surface area contributed by atoms with Crippen LogP contribution in [0.4, 0.5) is 13.2 Å². The third-order valence-corrected chi connectivity index (χ3v) is 2.84. The molecule has 1 amide bonds. The van der Waals surface area contributed by atoms with Crippen LogP contribution < -0.4 is 11.2 Å². The minimum Gasteiger partial charge on any atom is -0.273 e. The number of carbonyl (C=O) groups is 1. The van der Waals surface area contributed by atoms with Gasteiger partial charge in [-0.3, -0.25) is 9.63 Å². The van der Waals surface area contributed by atoms with Crippen molar-refractivity contribution in [2.75, 3.05) is 0 Å². The number of nitrogens with zero attached hydrogens (tertiary/aromatic N) is 4. The maximum Gasteiger partial charge on any atom is 0.416 e. The Morgan fingerprint density at radius 2 is 2.04 bits per heavy atom. The molecule has 0 radical (unpaired) electrons. The number of rotatable bonds is 4. The van der Waals surface area contributed by atoms with E-state index in [0.29, 0.717) is 0 Å². The van der Waals surface area contributed by atoms with Gasteiger partial charge in [0.1, 0.15) is 6.61 Å². The Labute approximate surface area is 127 Å². The van der Waals surface area contributed by atoms with Gasteiger partial charge < -0.3 is 0 Å². The fraction of sp³-hybridized carbons (Fsp3) is 0.333. The standard InChI is InChI=1S/C12H12F3N5O3/c1-7(21)16-23-6-8-9(12(13,14)15)4-3-5-10(8)20-11(22)19(2)17-18-20/h3-5H,6H2,1-2H3,(H,16,21). The van der Waals surface area contributed by atoms with Crippen LogP contribution in [0, 0.1) is 0 Å². The number of amides is 1. The summed E-state index contributed by atoms with van der Waals surface area (Å²) in [5.74, 6) is -0.576. The Balaban J connectivity index is 2.55. The van der Waals surface area contributed by atoms with Gasteiger partial charge in [0, 0.05) is 19.5 Å². The van der Waals surface area contributed by atoms with E-state index < -0.39 is 29.9 Å². The van der Waals surface area contributed by atoms with Crippen molar-refractivity contribution < 1.29 is 22.8 Å². The molecule has 11 heteroatoms. The molecule has 0 unspecified atom stereocenters. The van der Waals surface area contributed by atoms with Gasteiger partial charge in [0.15, 0.2) is 0 Å². The van der Waals surface area contributed by atoms with E-state index >= 15 is 0 Å². The summed E-state index contributed by atoms with van der Waals surface area (Å²) >= 11 is 0. The second-order valence-electron chi connectivity index (χ2n) is 4.54. The lowest BCUT2D eigenvalue weighted by atomic mass is 10.1. The van der Waals surface area contributed by atoms with E-state index in [9.17, 15) is 22.8 Å². The van der Waals surface area contributed by atoms with Crippen LogP contribution in [0.2, 0.25) is 0 Å². The average molecular weight is 331 g/mol. The summed E-state index contributed by atoms with van der Waals surface area (Å²) < 4.78 is 41.1.